The first-order chi connectivity index (χ1) is 9.60. The molecule has 0 unspecified atom stereocenters. The van der Waals surface area contributed by atoms with Crippen molar-refractivity contribution in [2.24, 2.45) is 0 Å². The Labute approximate surface area is 123 Å². The van der Waals surface area contributed by atoms with Crippen LogP contribution in [0, 0.1) is 32.1 Å². The molecule has 20 heavy (non-hydrogen) atoms. The molecule has 1 aromatic carbocycles. The second-order valence-electron chi connectivity index (χ2n) is 4.82. The molecule has 0 saturated heterocycles. The number of aryl methyl sites for hydroxylation is 3. The summed E-state index contributed by atoms with van der Waals surface area (Å²) >= 11 is 1.61. The maximum atomic E-state index is 8.74. The Bertz CT molecular complexity index is 640. The van der Waals surface area contributed by atoms with Gasteiger partial charge in [-0.25, -0.2) is 4.98 Å². The van der Waals surface area contributed by atoms with Crippen LogP contribution in [0.5, 0.6) is 5.75 Å². The Hall–Kier alpha value is -1.86. The molecule has 0 bridgehead atoms. The van der Waals surface area contributed by atoms with Crippen molar-refractivity contribution in [3.8, 4) is 11.8 Å². The Kier molecular flexibility index (Phi) is 4.75. The standard InChI is InChI=1S/C16H18N2OS/c1-11-4-5-14(12(2)10-11)19-9-7-16-18-13(3)15(20-16)6-8-17/h4-5,10H,6-7,9H2,1-3H3. The number of nitriles is 1. The fraction of sp³-hybridized carbons (Fsp3) is 0.375. The molecule has 4 heteroatoms. The predicted octanol–water partition coefficient (Wildman–Crippen LogP) is 3.76. The molecule has 0 aliphatic carbocycles. The summed E-state index contributed by atoms with van der Waals surface area (Å²) in [5, 5.41) is 9.77. The maximum absolute atomic E-state index is 8.74. The lowest BCUT2D eigenvalue weighted by molar-refractivity contribution is 0.319. The normalized spacial score (nSPS) is 10.3. The zero-order chi connectivity index (χ0) is 14.5. The third-order valence-corrected chi connectivity index (χ3v) is 4.30. The molecular weight excluding hydrogens is 268 g/mol. The number of hydrogen-bond donors (Lipinski definition) is 0. The lowest BCUT2D eigenvalue weighted by Gasteiger charge is -2.08. The number of ether oxygens (including phenoxy) is 1. The first-order valence-electron chi connectivity index (χ1n) is 6.62. The van der Waals surface area contributed by atoms with Crippen LogP contribution in [0.2, 0.25) is 0 Å². The van der Waals surface area contributed by atoms with Gasteiger partial charge >= 0.3 is 0 Å². The predicted molar refractivity (Wildman–Crippen MR) is 81.3 cm³/mol. The summed E-state index contributed by atoms with van der Waals surface area (Å²) in [7, 11) is 0. The minimum atomic E-state index is 0.446. The topological polar surface area (TPSA) is 45.9 Å². The van der Waals surface area contributed by atoms with Gasteiger partial charge in [-0.2, -0.15) is 5.26 Å². The van der Waals surface area contributed by atoms with E-state index in [1.54, 1.807) is 11.3 Å². The number of nitrogens with zero attached hydrogens (tertiary/aromatic N) is 2. The minimum absolute atomic E-state index is 0.446. The van der Waals surface area contributed by atoms with Gasteiger partial charge in [0.05, 0.1) is 29.8 Å². The van der Waals surface area contributed by atoms with Crippen LogP contribution in [-0.4, -0.2) is 11.6 Å². The molecule has 2 aromatic rings. The molecule has 0 N–H and O–H groups in total. The zero-order valence-corrected chi connectivity index (χ0v) is 12.9. The Morgan fingerprint density at radius 1 is 1.30 bits per heavy atom. The van der Waals surface area contributed by atoms with Gasteiger partial charge in [0.1, 0.15) is 5.75 Å². The highest BCUT2D eigenvalue weighted by atomic mass is 32.1. The van der Waals surface area contributed by atoms with E-state index in [2.05, 4.69) is 37.0 Å². The molecule has 0 aliphatic heterocycles. The van der Waals surface area contributed by atoms with E-state index in [1.807, 2.05) is 13.0 Å². The molecule has 1 heterocycles. The number of benzene rings is 1. The van der Waals surface area contributed by atoms with Gasteiger partial charge in [-0.3, -0.25) is 0 Å². The van der Waals surface area contributed by atoms with E-state index in [1.165, 1.54) is 5.56 Å². The van der Waals surface area contributed by atoms with Crippen LogP contribution < -0.4 is 4.74 Å². The van der Waals surface area contributed by atoms with Gasteiger partial charge < -0.3 is 4.74 Å². The summed E-state index contributed by atoms with van der Waals surface area (Å²) in [4.78, 5) is 5.55. The van der Waals surface area contributed by atoms with Crippen molar-refractivity contribution < 1.29 is 4.74 Å². The van der Waals surface area contributed by atoms with Crippen LogP contribution in [0.25, 0.3) is 0 Å². The molecular formula is C16H18N2OS. The third kappa shape index (κ3) is 3.58. The zero-order valence-electron chi connectivity index (χ0n) is 12.1. The number of thiazole rings is 1. The Balaban J connectivity index is 1.93. The quantitative estimate of drug-likeness (QED) is 0.840. The molecule has 3 nitrogen and oxygen atoms in total. The van der Waals surface area contributed by atoms with Crippen LogP contribution in [0.15, 0.2) is 18.2 Å². The molecule has 2 rings (SSSR count). The summed E-state index contributed by atoms with van der Waals surface area (Å²) < 4.78 is 5.81. The second kappa shape index (κ2) is 6.53. The molecule has 0 saturated carbocycles. The molecule has 0 aliphatic rings. The molecule has 104 valence electrons. The fourth-order valence-electron chi connectivity index (χ4n) is 2.04. The van der Waals surface area contributed by atoms with E-state index in [9.17, 15) is 0 Å². The summed E-state index contributed by atoms with van der Waals surface area (Å²) in [5.41, 5.74) is 3.37. The third-order valence-electron chi connectivity index (χ3n) is 3.08. The van der Waals surface area contributed by atoms with Crippen molar-refractivity contribution >= 4 is 11.3 Å². The van der Waals surface area contributed by atoms with Crippen molar-refractivity contribution in [3.63, 3.8) is 0 Å². The van der Waals surface area contributed by atoms with Crippen molar-refractivity contribution in [2.45, 2.75) is 33.6 Å². The van der Waals surface area contributed by atoms with Gasteiger partial charge in [0.25, 0.3) is 0 Å². The summed E-state index contributed by atoms with van der Waals surface area (Å²) in [5.74, 6) is 0.932. The average Bonchev–Trinajstić information content (AvgIpc) is 2.73. The van der Waals surface area contributed by atoms with E-state index in [4.69, 9.17) is 10.00 Å². The van der Waals surface area contributed by atoms with Crippen molar-refractivity contribution in [1.82, 2.24) is 4.98 Å². The van der Waals surface area contributed by atoms with E-state index in [0.29, 0.717) is 13.0 Å². The molecule has 0 radical (unpaired) electrons. The first kappa shape index (κ1) is 14.5. The fourth-order valence-corrected chi connectivity index (χ4v) is 3.02. The minimum Gasteiger partial charge on any atom is -0.493 e. The van der Waals surface area contributed by atoms with Crippen LogP contribution in [0.1, 0.15) is 26.7 Å². The molecule has 0 fully saturated rings. The number of aromatic nitrogens is 1. The summed E-state index contributed by atoms with van der Waals surface area (Å²) in [6, 6.07) is 8.36. The van der Waals surface area contributed by atoms with E-state index < -0.39 is 0 Å². The highest BCUT2D eigenvalue weighted by Crippen LogP contribution is 2.21. The van der Waals surface area contributed by atoms with Gasteiger partial charge in [0, 0.05) is 11.3 Å². The smallest absolute Gasteiger partial charge is 0.122 e. The number of rotatable bonds is 5. The van der Waals surface area contributed by atoms with Gasteiger partial charge in [-0.15, -0.1) is 11.3 Å². The summed E-state index contributed by atoms with van der Waals surface area (Å²) in [6.07, 6.45) is 1.23. The monoisotopic (exact) mass is 286 g/mol. The van der Waals surface area contributed by atoms with Gasteiger partial charge in [-0.1, -0.05) is 17.7 Å². The van der Waals surface area contributed by atoms with Gasteiger partial charge in [-0.05, 0) is 32.4 Å². The van der Waals surface area contributed by atoms with Crippen LogP contribution in [0.4, 0.5) is 0 Å². The van der Waals surface area contributed by atoms with Crippen molar-refractivity contribution in [1.29, 1.82) is 5.26 Å². The molecule has 0 amide bonds. The van der Waals surface area contributed by atoms with Crippen LogP contribution in [-0.2, 0) is 12.8 Å². The maximum Gasteiger partial charge on any atom is 0.122 e. The van der Waals surface area contributed by atoms with Crippen LogP contribution >= 0.6 is 11.3 Å². The van der Waals surface area contributed by atoms with E-state index in [-0.39, 0.29) is 0 Å². The SMILES string of the molecule is Cc1ccc(OCCc2nc(C)c(CC#N)s2)c(C)c1. The lowest BCUT2D eigenvalue weighted by atomic mass is 10.1. The second-order valence-corrected chi connectivity index (χ2v) is 5.99. The first-order valence-corrected chi connectivity index (χ1v) is 7.44. The van der Waals surface area contributed by atoms with Crippen LogP contribution in [0.3, 0.4) is 0 Å². The van der Waals surface area contributed by atoms with Crippen molar-refractivity contribution in [2.75, 3.05) is 6.61 Å². The Morgan fingerprint density at radius 3 is 2.80 bits per heavy atom. The Morgan fingerprint density at radius 2 is 2.10 bits per heavy atom. The lowest BCUT2D eigenvalue weighted by Crippen LogP contribution is -2.02. The summed E-state index contributed by atoms with van der Waals surface area (Å²) in [6.45, 7) is 6.70. The molecule has 0 spiro atoms. The molecule has 1 aromatic heterocycles. The van der Waals surface area contributed by atoms with Crippen molar-refractivity contribution in [3.05, 3.63) is 44.9 Å². The highest BCUT2D eigenvalue weighted by Gasteiger charge is 2.07. The van der Waals surface area contributed by atoms with E-state index in [0.717, 1.165) is 33.3 Å². The largest absolute Gasteiger partial charge is 0.493 e. The number of hydrogen-bond acceptors (Lipinski definition) is 4. The average molecular weight is 286 g/mol. The van der Waals surface area contributed by atoms with Gasteiger partial charge in [0.2, 0.25) is 0 Å². The molecule has 0 atom stereocenters. The van der Waals surface area contributed by atoms with E-state index >= 15 is 0 Å². The van der Waals surface area contributed by atoms with Gasteiger partial charge in [0.15, 0.2) is 0 Å². The highest BCUT2D eigenvalue weighted by molar-refractivity contribution is 7.11.